The highest BCUT2D eigenvalue weighted by Gasteiger charge is 2.22. The zero-order chi connectivity index (χ0) is 23.2. The monoisotopic (exact) mass is 445 g/mol. The van der Waals surface area contributed by atoms with Gasteiger partial charge in [0.1, 0.15) is 5.56 Å². The van der Waals surface area contributed by atoms with Gasteiger partial charge in [-0.15, -0.1) is 0 Å². The number of nitrogens with one attached hydrogen (secondary N) is 1. The van der Waals surface area contributed by atoms with Crippen molar-refractivity contribution >= 4 is 23.5 Å². The summed E-state index contributed by atoms with van der Waals surface area (Å²) in [5.41, 5.74) is 4.05. The van der Waals surface area contributed by atoms with E-state index in [1.807, 2.05) is 48.5 Å². The van der Waals surface area contributed by atoms with Crippen LogP contribution >= 0.6 is 0 Å². The number of para-hydroxylation sites is 1. The Hall–Kier alpha value is -3.74. The molecule has 0 saturated carbocycles. The molecule has 1 aliphatic rings. The number of ketones is 1. The first-order valence-corrected chi connectivity index (χ1v) is 11.3. The summed E-state index contributed by atoms with van der Waals surface area (Å²) in [6, 6.07) is 15.0. The van der Waals surface area contributed by atoms with E-state index in [9.17, 15) is 14.4 Å². The summed E-state index contributed by atoms with van der Waals surface area (Å²) >= 11 is 0. The Kier molecular flexibility index (Phi) is 6.98. The lowest BCUT2D eigenvalue weighted by Gasteiger charge is -2.16. The first-order chi connectivity index (χ1) is 16.1. The summed E-state index contributed by atoms with van der Waals surface area (Å²) in [6.07, 6.45) is 5.84. The van der Waals surface area contributed by atoms with Gasteiger partial charge in [-0.05, 0) is 61.9 Å². The third-order valence-electron chi connectivity index (χ3n) is 5.77. The fourth-order valence-corrected chi connectivity index (χ4v) is 4.06. The first kappa shape index (κ1) is 22.5. The average molecular weight is 446 g/mol. The lowest BCUT2D eigenvalue weighted by atomic mass is 9.89. The molecule has 1 aromatic heterocycles. The molecule has 4 rings (SSSR count). The molecule has 1 aliphatic carbocycles. The van der Waals surface area contributed by atoms with Crippen LogP contribution in [0, 0.1) is 0 Å². The molecule has 170 valence electrons. The number of carbonyl (C=O) groups is 3. The number of carbonyl (C=O) groups excluding carboxylic acids is 3. The molecule has 1 N–H and O–H groups in total. The summed E-state index contributed by atoms with van der Waals surface area (Å²) in [5, 5.41) is 7.02. The van der Waals surface area contributed by atoms with E-state index in [0.717, 1.165) is 19.3 Å². The lowest BCUT2D eigenvalue weighted by Crippen LogP contribution is -2.19. The molecule has 7 heteroatoms. The predicted octanol–water partition coefficient (Wildman–Crippen LogP) is 4.53. The minimum atomic E-state index is -0.569. The van der Waals surface area contributed by atoms with E-state index in [0.29, 0.717) is 11.3 Å². The van der Waals surface area contributed by atoms with Crippen LogP contribution in [0.15, 0.2) is 54.7 Å². The number of aryl methyl sites for hydroxylation is 2. The molecule has 1 amide bonds. The van der Waals surface area contributed by atoms with Crippen LogP contribution in [0.2, 0.25) is 0 Å². The third kappa shape index (κ3) is 5.19. The minimum Gasteiger partial charge on any atom is -0.462 e. The van der Waals surface area contributed by atoms with E-state index < -0.39 is 5.97 Å². The van der Waals surface area contributed by atoms with Crippen LogP contribution < -0.4 is 5.32 Å². The molecule has 0 fully saturated rings. The van der Waals surface area contributed by atoms with Gasteiger partial charge in [0, 0.05) is 18.4 Å². The van der Waals surface area contributed by atoms with Crippen LogP contribution in [0.3, 0.4) is 0 Å². The summed E-state index contributed by atoms with van der Waals surface area (Å²) in [5.74, 6) is -0.781. The highest BCUT2D eigenvalue weighted by molar-refractivity contribution is 6.03. The van der Waals surface area contributed by atoms with Crippen LogP contribution in [-0.2, 0) is 22.4 Å². The van der Waals surface area contributed by atoms with Crippen molar-refractivity contribution in [2.45, 2.75) is 45.4 Å². The number of hydrogen-bond donors (Lipinski definition) is 1. The van der Waals surface area contributed by atoms with Gasteiger partial charge in [0.2, 0.25) is 5.91 Å². The summed E-state index contributed by atoms with van der Waals surface area (Å²) in [6.45, 7) is 1.92. The van der Waals surface area contributed by atoms with E-state index in [2.05, 4.69) is 10.4 Å². The van der Waals surface area contributed by atoms with E-state index in [4.69, 9.17) is 4.74 Å². The number of aromatic nitrogens is 2. The van der Waals surface area contributed by atoms with Crippen LogP contribution in [0.4, 0.5) is 5.82 Å². The smallest absolute Gasteiger partial charge is 0.343 e. The second-order valence-electron chi connectivity index (χ2n) is 8.04. The van der Waals surface area contributed by atoms with E-state index in [1.165, 1.54) is 28.4 Å². The fraction of sp³-hybridized carbons (Fsp3) is 0.308. The zero-order valence-electron chi connectivity index (χ0n) is 18.7. The lowest BCUT2D eigenvalue weighted by molar-refractivity contribution is -0.116. The summed E-state index contributed by atoms with van der Waals surface area (Å²) < 4.78 is 6.58. The number of esters is 1. The van der Waals surface area contributed by atoms with Gasteiger partial charge in [0.05, 0.1) is 18.5 Å². The quantitative estimate of drug-likeness (QED) is 0.406. The Morgan fingerprint density at radius 2 is 1.76 bits per heavy atom. The largest absolute Gasteiger partial charge is 0.462 e. The van der Waals surface area contributed by atoms with E-state index in [-0.39, 0.29) is 42.5 Å². The molecular formula is C26H27N3O4. The van der Waals surface area contributed by atoms with Gasteiger partial charge in [0.25, 0.3) is 0 Å². The van der Waals surface area contributed by atoms with Crippen molar-refractivity contribution in [2.75, 3.05) is 11.9 Å². The van der Waals surface area contributed by atoms with Crippen LogP contribution in [0.25, 0.3) is 5.69 Å². The third-order valence-corrected chi connectivity index (χ3v) is 5.77. The predicted molar refractivity (Wildman–Crippen MR) is 125 cm³/mol. The maximum absolute atomic E-state index is 12.7. The van der Waals surface area contributed by atoms with Crippen LogP contribution in [0.1, 0.15) is 64.4 Å². The molecule has 0 aliphatic heterocycles. The van der Waals surface area contributed by atoms with Crippen molar-refractivity contribution in [1.29, 1.82) is 0 Å². The van der Waals surface area contributed by atoms with Crippen molar-refractivity contribution in [3.63, 3.8) is 0 Å². The number of rotatable bonds is 8. The van der Waals surface area contributed by atoms with Crippen molar-refractivity contribution < 1.29 is 19.1 Å². The number of fused-ring (bicyclic) bond motifs is 1. The van der Waals surface area contributed by atoms with E-state index >= 15 is 0 Å². The van der Waals surface area contributed by atoms with Gasteiger partial charge in [-0.25, -0.2) is 9.48 Å². The number of Topliss-reactive ketones (excluding diaryl/α,β-unsaturated/α-hetero) is 1. The van der Waals surface area contributed by atoms with Crippen molar-refractivity contribution in [2.24, 2.45) is 0 Å². The molecule has 0 unspecified atom stereocenters. The highest BCUT2D eigenvalue weighted by Crippen LogP contribution is 2.24. The topological polar surface area (TPSA) is 90.3 Å². The maximum Gasteiger partial charge on any atom is 0.343 e. The molecule has 3 aromatic rings. The van der Waals surface area contributed by atoms with E-state index in [1.54, 1.807) is 6.92 Å². The van der Waals surface area contributed by atoms with Crippen molar-refractivity contribution in [1.82, 2.24) is 9.78 Å². The molecule has 0 saturated heterocycles. The highest BCUT2D eigenvalue weighted by atomic mass is 16.5. The number of nitrogens with zero attached hydrogens (tertiary/aromatic N) is 2. The zero-order valence-corrected chi connectivity index (χ0v) is 18.7. The number of hydrogen-bond acceptors (Lipinski definition) is 5. The first-order valence-electron chi connectivity index (χ1n) is 11.3. The number of benzene rings is 2. The fourth-order valence-electron chi connectivity index (χ4n) is 4.06. The Morgan fingerprint density at radius 1 is 1.00 bits per heavy atom. The Balaban J connectivity index is 1.47. The standard InChI is InChI=1S/C26H27N3O4/c1-2-33-26(32)22-17-27-29(21-10-4-3-5-11-21)25(22)28-24(31)15-14-23(30)20-13-12-18-8-6-7-9-19(18)16-20/h3-5,10-13,16-17H,2,6-9,14-15H2,1H3,(H,28,31). The number of ether oxygens (including phenoxy) is 1. The molecule has 0 bridgehead atoms. The van der Waals surface area contributed by atoms with Crippen molar-refractivity contribution in [3.05, 3.63) is 77.0 Å². The normalized spacial score (nSPS) is 12.6. The second-order valence-corrected chi connectivity index (χ2v) is 8.04. The summed E-state index contributed by atoms with van der Waals surface area (Å²) in [7, 11) is 0. The molecule has 0 radical (unpaired) electrons. The number of anilines is 1. The van der Waals surface area contributed by atoms with Gasteiger partial charge >= 0.3 is 5.97 Å². The van der Waals surface area contributed by atoms with Crippen molar-refractivity contribution in [3.8, 4) is 5.69 Å². The molecule has 0 atom stereocenters. The molecule has 1 heterocycles. The van der Waals surface area contributed by atoms with Gasteiger partial charge < -0.3 is 10.1 Å². The Bertz CT molecular complexity index is 1170. The molecule has 33 heavy (non-hydrogen) atoms. The van der Waals surface area contributed by atoms with Crippen LogP contribution in [-0.4, -0.2) is 34.0 Å². The Morgan fingerprint density at radius 3 is 2.52 bits per heavy atom. The van der Waals surface area contributed by atoms with Gasteiger partial charge in [-0.1, -0.05) is 30.3 Å². The molecule has 0 spiro atoms. The SMILES string of the molecule is CCOC(=O)c1cnn(-c2ccccc2)c1NC(=O)CCC(=O)c1ccc2c(c1)CCCC2. The van der Waals surface area contributed by atoms with Gasteiger partial charge in [-0.3, -0.25) is 9.59 Å². The maximum atomic E-state index is 12.7. The molecule has 7 nitrogen and oxygen atoms in total. The summed E-state index contributed by atoms with van der Waals surface area (Å²) in [4.78, 5) is 37.8. The average Bonchev–Trinajstić information content (AvgIpc) is 3.26. The van der Waals surface area contributed by atoms with Gasteiger partial charge in [-0.2, -0.15) is 5.10 Å². The molecule has 2 aromatic carbocycles. The number of amides is 1. The van der Waals surface area contributed by atoms with Gasteiger partial charge in [0.15, 0.2) is 11.6 Å². The second kappa shape index (κ2) is 10.3. The Labute approximate surface area is 192 Å². The minimum absolute atomic E-state index is 0.00183. The van der Waals surface area contributed by atoms with Crippen LogP contribution in [0.5, 0.6) is 0 Å². The molecular weight excluding hydrogens is 418 g/mol.